The van der Waals surface area contributed by atoms with Gasteiger partial charge in [0.2, 0.25) is 0 Å². The molecule has 0 unspecified atom stereocenters. The molecule has 1 heterocycles. The Kier molecular flexibility index (Phi) is 2.74. The summed E-state index contributed by atoms with van der Waals surface area (Å²) in [5, 5.41) is 0. The molecular weight excluding hydrogens is 114 g/mol. The van der Waals surface area contributed by atoms with Gasteiger partial charge in [-0.1, -0.05) is 6.08 Å². The molecule has 0 saturated carbocycles. The molecule has 0 bridgehead atoms. The van der Waals surface area contributed by atoms with Crippen LogP contribution in [-0.2, 0) is 4.74 Å². The lowest BCUT2D eigenvalue weighted by atomic mass is 10.1. The van der Waals surface area contributed by atoms with Crippen molar-refractivity contribution in [1.29, 1.82) is 0 Å². The van der Waals surface area contributed by atoms with Crippen LogP contribution in [0.25, 0.3) is 0 Å². The first-order valence-electron chi connectivity index (χ1n) is 3.39. The number of hydrogen-bond acceptors (Lipinski definition) is 2. The van der Waals surface area contributed by atoms with E-state index in [-0.39, 0.29) is 0 Å². The Morgan fingerprint density at radius 1 is 1.67 bits per heavy atom. The fourth-order valence-electron chi connectivity index (χ4n) is 1.00. The minimum Gasteiger partial charge on any atom is -0.377 e. The molecule has 2 nitrogen and oxygen atoms in total. The van der Waals surface area contributed by atoms with Gasteiger partial charge in [0.25, 0.3) is 0 Å². The predicted molar refractivity (Wildman–Crippen MR) is 37.2 cm³/mol. The topological polar surface area (TPSA) is 35.2 Å². The molecule has 1 aliphatic heterocycles. The molecule has 2 heteroatoms. The van der Waals surface area contributed by atoms with Gasteiger partial charge in [-0.3, -0.25) is 0 Å². The first-order chi connectivity index (χ1) is 4.43. The fourth-order valence-corrected chi connectivity index (χ4v) is 1.00. The Morgan fingerprint density at radius 2 is 2.56 bits per heavy atom. The van der Waals surface area contributed by atoms with Crippen LogP contribution in [0.15, 0.2) is 11.6 Å². The Hall–Kier alpha value is -0.340. The van der Waals surface area contributed by atoms with Gasteiger partial charge in [-0.2, -0.15) is 0 Å². The van der Waals surface area contributed by atoms with Crippen LogP contribution in [0.1, 0.15) is 12.8 Å². The maximum absolute atomic E-state index is 5.33. The zero-order chi connectivity index (χ0) is 6.53. The summed E-state index contributed by atoms with van der Waals surface area (Å²) in [6.45, 7) is 2.37. The molecule has 52 valence electrons. The van der Waals surface area contributed by atoms with E-state index in [2.05, 4.69) is 6.08 Å². The van der Waals surface area contributed by atoms with Crippen LogP contribution in [0, 0.1) is 0 Å². The van der Waals surface area contributed by atoms with E-state index in [1.165, 1.54) is 12.0 Å². The Balaban J connectivity index is 2.30. The second-order valence-electron chi connectivity index (χ2n) is 2.25. The van der Waals surface area contributed by atoms with Crippen LogP contribution < -0.4 is 5.73 Å². The van der Waals surface area contributed by atoms with Crippen LogP contribution in [0.3, 0.4) is 0 Å². The second kappa shape index (κ2) is 3.64. The lowest BCUT2D eigenvalue weighted by Gasteiger charge is -2.13. The average molecular weight is 127 g/mol. The largest absolute Gasteiger partial charge is 0.377 e. The predicted octanol–water partition coefficient (Wildman–Crippen LogP) is 0.682. The number of nitrogens with two attached hydrogens (primary N) is 1. The summed E-state index contributed by atoms with van der Waals surface area (Å²) in [5.74, 6) is 0. The van der Waals surface area contributed by atoms with Crippen LogP contribution in [0.2, 0.25) is 0 Å². The first-order valence-corrected chi connectivity index (χ1v) is 3.39. The highest BCUT2D eigenvalue weighted by atomic mass is 16.5. The standard InChI is InChI=1S/C7H13NO/c8-4-3-7-2-1-5-9-6-7/h3H,1-2,4-6,8H2. The summed E-state index contributed by atoms with van der Waals surface area (Å²) in [6, 6.07) is 0. The van der Waals surface area contributed by atoms with Crippen molar-refractivity contribution in [3.05, 3.63) is 11.6 Å². The van der Waals surface area contributed by atoms with E-state index in [0.717, 1.165) is 19.6 Å². The maximum Gasteiger partial charge on any atom is 0.0677 e. The van der Waals surface area contributed by atoms with Crippen molar-refractivity contribution < 1.29 is 4.74 Å². The van der Waals surface area contributed by atoms with E-state index in [9.17, 15) is 0 Å². The van der Waals surface area contributed by atoms with Crippen molar-refractivity contribution in [2.24, 2.45) is 5.73 Å². The number of hydrogen-bond donors (Lipinski definition) is 1. The number of ether oxygens (including phenoxy) is 1. The molecule has 0 aromatic heterocycles. The monoisotopic (exact) mass is 127 g/mol. The van der Waals surface area contributed by atoms with Gasteiger partial charge in [-0.15, -0.1) is 0 Å². The van der Waals surface area contributed by atoms with Crippen molar-refractivity contribution in [3.8, 4) is 0 Å². The molecule has 0 radical (unpaired) electrons. The quantitative estimate of drug-likeness (QED) is 0.526. The molecule has 1 fully saturated rings. The van der Waals surface area contributed by atoms with Crippen molar-refractivity contribution in [2.45, 2.75) is 12.8 Å². The van der Waals surface area contributed by atoms with Crippen LogP contribution >= 0.6 is 0 Å². The third kappa shape index (κ3) is 2.16. The van der Waals surface area contributed by atoms with E-state index >= 15 is 0 Å². The Morgan fingerprint density at radius 3 is 3.11 bits per heavy atom. The van der Waals surface area contributed by atoms with E-state index in [1.807, 2.05) is 0 Å². The summed E-state index contributed by atoms with van der Waals surface area (Å²) in [4.78, 5) is 0. The van der Waals surface area contributed by atoms with Gasteiger partial charge in [-0.25, -0.2) is 0 Å². The van der Waals surface area contributed by atoms with E-state index in [1.54, 1.807) is 0 Å². The Labute approximate surface area is 55.7 Å². The van der Waals surface area contributed by atoms with Crippen molar-refractivity contribution in [2.75, 3.05) is 19.8 Å². The maximum atomic E-state index is 5.33. The van der Waals surface area contributed by atoms with Gasteiger partial charge in [0.1, 0.15) is 0 Å². The Bertz CT molecular complexity index is 101. The molecule has 0 amide bonds. The van der Waals surface area contributed by atoms with Crippen LogP contribution in [0.5, 0.6) is 0 Å². The van der Waals surface area contributed by atoms with E-state index in [0.29, 0.717) is 6.54 Å². The zero-order valence-electron chi connectivity index (χ0n) is 5.60. The summed E-state index contributed by atoms with van der Waals surface area (Å²) in [5.41, 5.74) is 6.69. The summed E-state index contributed by atoms with van der Waals surface area (Å²) in [6.07, 6.45) is 4.39. The molecule has 0 aromatic rings. The van der Waals surface area contributed by atoms with Gasteiger partial charge in [0.15, 0.2) is 0 Å². The van der Waals surface area contributed by atoms with Crippen molar-refractivity contribution in [1.82, 2.24) is 0 Å². The second-order valence-corrected chi connectivity index (χ2v) is 2.25. The normalized spacial score (nSPS) is 24.8. The van der Waals surface area contributed by atoms with Gasteiger partial charge in [-0.05, 0) is 18.4 Å². The molecule has 2 N–H and O–H groups in total. The van der Waals surface area contributed by atoms with E-state index in [4.69, 9.17) is 10.5 Å². The first kappa shape index (κ1) is 6.78. The molecule has 1 rings (SSSR count). The molecule has 0 atom stereocenters. The third-order valence-corrected chi connectivity index (χ3v) is 1.48. The molecule has 0 aliphatic carbocycles. The lowest BCUT2D eigenvalue weighted by Crippen LogP contribution is -2.09. The van der Waals surface area contributed by atoms with Gasteiger partial charge < -0.3 is 10.5 Å². The van der Waals surface area contributed by atoms with Gasteiger partial charge in [0, 0.05) is 13.2 Å². The number of rotatable bonds is 1. The van der Waals surface area contributed by atoms with Crippen LogP contribution in [-0.4, -0.2) is 19.8 Å². The molecule has 0 spiro atoms. The highest BCUT2D eigenvalue weighted by Gasteiger charge is 2.02. The van der Waals surface area contributed by atoms with E-state index < -0.39 is 0 Å². The van der Waals surface area contributed by atoms with Crippen molar-refractivity contribution >= 4 is 0 Å². The molecule has 1 aliphatic rings. The molecular formula is C7H13NO. The zero-order valence-corrected chi connectivity index (χ0v) is 5.60. The highest BCUT2D eigenvalue weighted by Crippen LogP contribution is 2.10. The minimum atomic E-state index is 0.651. The molecule has 1 saturated heterocycles. The minimum absolute atomic E-state index is 0.651. The summed E-state index contributed by atoms with van der Waals surface area (Å²) >= 11 is 0. The smallest absolute Gasteiger partial charge is 0.0677 e. The van der Waals surface area contributed by atoms with Crippen molar-refractivity contribution in [3.63, 3.8) is 0 Å². The summed E-state index contributed by atoms with van der Waals surface area (Å²) < 4.78 is 5.21. The molecule has 9 heavy (non-hydrogen) atoms. The van der Waals surface area contributed by atoms with Gasteiger partial charge >= 0.3 is 0 Å². The van der Waals surface area contributed by atoms with Crippen LogP contribution in [0.4, 0.5) is 0 Å². The highest BCUT2D eigenvalue weighted by molar-refractivity contribution is 5.04. The third-order valence-electron chi connectivity index (χ3n) is 1.48. The SMILES string of the molecule is NCC=C1CCCOC1. The lowest BCUT2D eigenvalue weighted by molar-refractivity contribution is 0.130. The summed E-state index contributed by atoms with van der Waals surface area (Å²) in [7, 11) is 0. The fraction of sp³-hybridized carbons (Fsp3) is 0.714. The van der Waals surface area contributed by atoms with Gasteiger partial charge in [0.05, 0.1) is 6.61 Å². The molecule has 0 aromatic carbocycles. The average Bonchev–Trinajstić information content (AvgIpc) is 1.91.